The molecule has 0 saturated carbocycles. The van der Waals surface area contributed by atoms with E-state index in [0.29, 0.717) is 20.5 Å². The first-order valence-electron chi connectivity index (χ1n) is 5.34. The predicted octanol–water partition coefficient (Wildman–Crippen LogP) is 4.02. The number of hydrogen-bond donors (Lipinski definition) is 1. The van der Waals surface area contributed by atoms with Crippen molar-refractivity contribution in [2.45, 2.75) is 10.6 Å². The third-order valence-electron chi connectivity index (χ3n) is 2.53. The van der Waals surface area contributed by atoms with Crippen molar-refractivity contribution >= 4 is 39.7 Å². The molecule has 0 aliphatic rings. The summed E-state index contributed by atoms with van der Waals surface area (Å²) in [5.41, 5.74) is 6.06. The first kappa shape index (κ1) is 14.3. The SMILES string of the molecule is Nc1ccc(S(=O)Cc2cc(Cl)ccc2Cl)cc1F. The number of hydrogen-bond acceptors (Lipinski definition) is 2. The number of benzene rings is 2. The standard InChI is InChI=1S/C13H10Cl2FNOS/c14-9-1-3-11(15)8(5-9)7-19(18)10-2-4-13(17)12(16)6-10/h1-6H,7,17H2. The van der Waals surface area contributed by atoms with E-state index in [2.05, 4.69) is 0 Å². The minimum Gasteiger partial charge on any atom is -0.396 e. The van der Waals surface area contributed by atoms with E-state index < -0.39 is 16.6 Å². The van der Waals surface area contributed by atoms with Crippen LogP contribution in [-0.4, -0.2) is 4.21 Å². The van der Waals surface area contributed by atoms with Gasteiger partial charge in [0.05, 0.1) is 22.2 Å². The van der Waals surface area contributed by atoms with Crippen molar-refractivity contribution in [1.29, 1.82) is 0 Å². The molecule has 0 aliphatic heterocycles. The van der Waals surface area contributed by atoms with Gasteiger partial charge in [-0.05, 0) is 42.0 Å². The minimum atomic E-state index is -1.41. The molecule has 1 unspecified atom stereocenters. The summed E-state index contributed by atoms with van der Waals surface area (Å²) in [7, 11) is -1.41. The van der Waals surface area contributed by atoms with Gasteiger partial charge in [-0.1, -0.05) is 23.2 Å². The van der Waals surface area contributed by atoms with Crippen molar-refractivity contribution in [2.75, 3.05) is 5.73 Å². The second-order valence-electron chi connectivity index (χ2n) is 3.91. The lowest BCUT2D eigenvalue weighted by molar-refractivity contribution is 0.627. The van der Waals surface area contributed by atoms with Crippen LogP contribution in [0, 0.1) is 5.82 Å². The minimum absolute atomic E-state index is 0.0292. The second-order valence-corrected chi connectivity index (χ2v) is 6.20. The zero-order chi connectivity index (χ0) is 14.0. The Bertz CT molecular complexity index is 649. The fourth-order valence-electron chi connectivity index (χ4n) is 1.53. The summed E-state index contributed by atoms with van der Waals surface area (Å²) in [6.07, 6.45) is 0. The highest BCUT2D eigenvalue weighted by molar-refractivity contribution is 7.84. The predicted molar refractivity (Wildman–Crippen MR) is 77.4 cm³/mol. The number of nitrogen functional groups attached to an aromatic ring is 1. The van der Waals surface area contributed by atoms with Crippen LogP contribution in [0.2, 0.25) is 10.0 Å². The van der Waals surface area contributed by atoms with E-state index in [0.717, 1.165) is 0 Å². The molecule has 2 rings (SSSR count). The summed E-state index contributed by atoms with van der Waals surface area (Å²) in [6.45, 7) is 0. The van der Waals surface area contributed by atoms with Gasteiger partial charge < -0.3 is 5.73 Å². The number of rotatable bonds is 3. The largest absolute Gasteiger partial charge is 0.396 e. The van der Waals surface area contributed by atoms with Crippen LogP contribution in [0.1, 0.15) is 5.56 Å². The highest BCUT2D eigenvalue weighted by Crippen LogP contribution is 2.24. The molecule has 2 nitrogen and oxygen atoms in total. The van der Waals surface area contributed by atoms with Gasteiger partial charge in [-0.3, -0.25) is 4.21 Å². The Morgan fingerprint density at radius 1 is 1.16 bits per heavy atom. The van der Waals surface area contributed by atoms with Crippen molar-refractivity contribution in [3.8, 4) is 0 Å². The molecule has 2 N–H and O–H groups in total. The molecule has 2 aromatic carbocycles. The maximum Gasteiger partial charge on any atom is 0.147 e. The highest BCUT2D eigenvalue weighted by Gasteiger charge is 2.10. The molecule has 0 spiro atoms. The third kappa shape index (κ3) is 3.47. The molecule has 0 fully saturated rings. The fraction of sp³-hybridized carbons (Fsp3) is 0.0769. The molecule has 0 heterocycles. The van der Waals surface area contributed by atoms with Crippen molar-refractivity contribution in [1.82, 2.24) is 0 Å². The molecule has 0 aliphatic carbocycles. The van der Waals surface area contributed by atoms with Gasteiger partial charge in [-0.25, -0.2) is 4.39 Å². The van der Waals surface area contributed by atoms with Crippen LogP contribution < -0.4 is 5.73 Å². The molecule has 19 heavy (non-hydrogen) atoms. The molecule has 0 radical (unpaired) electrons. The summed E-state index contributed by atoms with van der Waals surface area (Å²) in [6, 6.07) is 9.04. The quantitative estimate of drug-likeness (QED) is 0.869. The Kier molecular flexibility index (Phi) is 4.45. The van der Waals surface area contributed by atoms with E-state index in [9.17, 15) is 8.60 Å². The molecule has 0 saturated heterocycles. The Morgan fingerprint density at radius 3 is 2.58 bits per heavy atom. The van der Waals surface area contributed by atoms with E-state index in [-0.39, 0.29) is 11.4 Å². The van der Waals surface area contributed by atoms with E-state index in [4.69, 9.17) is 28.9 Å². The van der Waals surface area contributed by atoms with Gasteiger partial charge in [0.25, 0.3) is 0 Å². The molecule has 0 amide bonds. The van der Waals surface area contributed by atoms with E-state index in [1.807, 2.05) is 0 Å². The van der Waals surface area contributed by atoms with Gasteiger partial charge in [-0.2, -0.15) is 0 Å². The van der Waals surface area contributed by atoms with Crippen LogP contribution in [0.3, 0.4) is 0 Å². The Hall–Kier alpha value is -1.10. The Balaban J connectivity index is 2.25. The molecule has 6 heteroatoms. The zero-order valence-electron chi connectivity index (χ0n) is 9.70. The lowest BCUT2D eigenvalue weighted by Gasteiger charge is -2.06. The van der Waals surface area contributed by atoms with Crippen LogP contribution in [0.5, 0.6) is 0 Å². The number of anilines is 1. The number of halogens is 3. The van der Waals surface area contributed by atoms with Crippen LogP contribution in [0.4, 0.5) is 10.1 Å². The van der Waals surface area contributed by atoms with Crippen LogP contribution in [0.15, 0.2) is 41.3 Å². The van der Waals surface area contributed by atoms with Crippen LogP contribution in [0.25, 0.3) is 0 Å². The lowest BCUT2D eigenvalue weighted by Crippen LogP contribution is -1.99. The van der Waals surface area contributed by atoms with Gasteiger partial charge >= 0.3 is 0 Å². The second kappa shape index (κ2) is 5.90. The summed E-state index contributed by atoms with van der Waals surface area (Å²) in [5.74, 6) is -0.411. The Morgan fingerprint density at radius 2 is 1.89 bits per heavy atom. The normalized spacial score (nSPS) is 12.4. The fourth-order valence-corrected chi connectivity index (χ4v) is 3.13. The van der Waals surface area contributed by atoms with Crippen molar-refractivity contribution in [3.05, 3.63) is 57.8 Å². The summed E-state index contributed by atoms with van der Waals surface area (Å²) in [4.78, 5) is 0.364. The monoisotopic (exact) mass is 317 g/mol. The van der Waals surface area contributed by atoms with Gasteiger partial charge in [0, 0.05) is 14.9 Å². The summed E-state index contributed by atoms with van der Waals surface area (Å²) in [5, 5.41) is 0.994. The maximum absolute atomic E-state index is 13.3. The van der Waals surface area contributed by atoms with Gasteiger partial charge in [0.1, 0.15) is 5.82 Å². The zero-order valence-corrected chi connectivity index (χ0v) is 12.0. The van der Waals surface area contributed by atoms with Crippen LogP contribution in [-0.2, 0) is 16.6 Å². The molecule has 2 aromatic rings. The topological polar surface area (TPSA) is 43.1 Å². The molecular weight excluding hydrogens is 308 g/mol. The van der Waals surface area contributed by atoms with Crippen molar-refractivity contribution in [2.24, 2.45) is 0 Å². The molecule has 0 aromatic heterocycles. The molecule has 0 bridgehead atoms. The van der Waals surface area contributed by atoms with Gasteiger partial charge in [-0.15, -0.1) is 0 Å². The van der Waals surface area contributed by atoms with Gasteiger partial charge in [0.15, 0.2) is 0 Å². The highest BCUT2D eigenvalue weighted by atomic mass is 35.5. The maximum atomic E-state index is 13.3. The average molecular weight is 318 g/mol. The van der Waals surface area contributed by atoms with Crippen molar-refractivity contribution in [3.63, 3.8) is 0 Å². The third-order valence-corrected chi connectivity index (χ3v) is 4.49. The average Bonchev–Trinajstić information content (AvgIpc) is 2.37. The molecule has 1 atom stereocenters. The first-order valence-corrected chi connectivity index (χ1v) is 7.42. The lowest BCUT2D eigenvalue weighted by atomic mass is 10.2. The number of nitrogens with two attached hydrogens (primary N) is 1. The molecule has 100 valence electrons. The summed E-state index contributed by atoms with van der Waals surface area (Å²) < 4.78 is 25.5. The Labute approximate surface area is 122 Å². The summed E-state index contributed by atoms with van der Waals surface area (Å²) >= 11 is 11.9. The first-order chi connectivity index (χ1) is 8.97. The van der Waals surface area contributed by atoms with Crippen molar-refractivity contribution < 1.29 is 8.60 Å². The smallest absolute Gasteiger partial charge is 0.147 e. The van der Waals surface area contributed by atoms with E-state index in [1.165, 1.54) is 18.2 Å². The van der Waals surface area contributed by atoms with E-state index in [1.54, 1.807) is 18.2 Å². The molecular formula is C13H10Cl2FNOS. The van der Waals surface area contributed by atoms with E-state index >= 15 is 0 Å². The van der Waals surface area contributed by atoms with Crippen LogP contribution >= 0.6 is 23.2 Å². The van der Waals surface area contributed by atoms with Gasteiger partial charge in [0.2, 0.25) is 0 Å².